The number of carbonyl (C=O) groups excluding carboxylic acids is 1. The average molecular weight is 308 g/mol. The predicted molar refractivity (Wildman–Crippen MR) is 84.4 cm³/mol. The van der Waals surface area contributed by atoms with Gasteiger partial charge in [-0.2, -0.15) is 0 Å². The highest BCUT2D eigenvalue weighted by atomic mass is 35.5. The van der Waals surface area contributed by atoms with Gasteiger partial charge in [0.15, 0.2) is 0 Å². The maximum atomic E-state index is 11.8. The fourth-order valence-corrected chi connectivity index (χ4v) is 2.75. The smallest absolute Gasteiger partial charge is 0.234 e. The molecule has 2 N–H and O–H groups in total. The summed E-state index contributed by atoms with van der Waals surface area (Å²) in [6, 6.07) is 14.2. The molecule has 0 heterocycles. The summed E-state index contributed by atoms with van der Waals surface area (Å²) in [4.78, 5) is 11.8. The Morgan fingerprint density at radius 2 is 1.85 bits per heavy atom. The molecular weight excluding hydrogens is 294 g/mol. The minimum Gasteiger partial charge on any atom is -0.506 e. The van der Waals surface area contributed by atoms with Crippen molar-refractivity contribution in [1.29, 1.82) is 0 Å². The number of halogens is 1. The first kappa shape index (κ1) is 14.8. The largest absolute Gasteiger partial charge is 0.506 e. The number of para-hydroxylation sites is 2. The van der Waals surface area contributed by atoms with Crippen molar-refractivity contribution in [1.82, 2.24) is 0 Å². The zero-order valence-corrected chi connectivity index (χ0v) is 12.2. The van der Waals surface area contributed by atoms with E-state index >= 15 is 0 Å². The standard InChI is InChI=1S/C15H14ClNO2S/c16-12-6-2-1-5-11(12)9-20-10-15(19)17-13-7-3-4-8-14(13)18/h1-8,18H,9-10H2,(H,17,19). The molecule has 2 rings (SSSR count). The highest BCUT2D eigenvalue weighted by Crippen LogP contribution is 2.23. The van der Waals surface area contributed by atoms with Crippen molar-refractivity contribution >= 4 is 35.0 Å². The molecule has 0 aliphatic heterocycles. The number of phenolic OH excluding ortho intramolecular Hbond substituents is 1. The molecule has 0 unspecified atom stereocenters. The van der Waals surface area contributed by atoms with Crippen molar-refractivity contribution in [2.24, 2.45) is 0 Å². The Morgan fingerprint density at radius 3 is 2.60 bits per heavy atom. The van der Waals surface area contributed by atoms with E-state index in [2.05, 4.69) is 5.32 Å². The van der Waals surface area contributed by atoms with E-state index in [1.54, 1.807) is 18.2 Å². The van der Waals surface area contributed by atoms with Gasteiger partial charge in [0.1, 0.15) is 5.75 Å². The van der Waals surface area contributed by atoms with Gasteiger partial charge in [-0.05, 0) is 23.8 Å². The van der Waals surface area contributed by atoms with Crippen LogP contribution in [0, 0.1) is 0 Å². The van der Waals surface area contributed by atoms with Crippen LogP contribution in [0.25, 0.3) is 0 Å². The molecule has 0 fully saturated rings. The molecule has 2 aromatic carbocycles. The maximum Gasteiger partial charge on any atom is 0.234 e. The highest BCUT2D eigenvalue weighted by Gasteiger charge is 2.06. The Balaban J connectivity index is 1.82. The number of rotatable bonds is 5. The number of nitrogens with one attached hydrogen (secondary N) is 1. The van der Waals surface area contributed by atoms with Crippen LogP contribution in [0.15, 0.2) is 48.5 Å². The summed E-state index contributed by atoms with van der Waals surface area (Å²) in [5.74, 6) is 0.897. The molecule has 0 radical (unpaired) electrons. The first-order chi connectivity index (χ1) is 9.66. The molecule has 0 bridgehead atoms. The van der Waals surface area contributed by atoms with Crippen molar-refractivity contribution in [3.8, 4) is 5.75 Å². The second-order valence-electron chi connectivity index (χ2n) is 4.15. The number of phenols is 1. The molecule has 3 nitrogen and oxygen atoms in total. The molecule has 2 aromatic rings. The molecule has 1 amide bonds. The summed E-state index contributed by atoms with van der Waals surface area (Å²) in [7, 11) is 0. The van der Waals surface area contributed by atoms with Gasteiger partial charge in [0.05, 0.1) is 11.4 Å². The lowest BCUT2D eigenvalue weighted by Gasteiger charge is -2.07. The summed E-state index contributed by atoms with van der Waals surface area (Å²) in [6.07, 6.45) is 0. The molecule has 0 spiro atoms. The first-order valence-electron chi connectivity index (χ1n) is 6.06. The third-order valence-corrected chi connectivity index (χ3v) is 3.98. The molecule has 5 heteroatoms. The number of anilines is 1. The fourth-order valence-electron chi connectivity index (χ4n) is 1.63. The van der Waals surface area contributed by atoms with Crippen LogP contribution < -0.4 is 5.32 Å². The van der Waals surface area contributed by atoms with E-state index < -0.39 is 0 Å². The maximum absolute atomic E-state index is 11.8. The SMILES string of the molecule is O=C(CSCc1ccccc1Cl)Nc1ccccc1O. The summed E-state index contributed by atoms with van der Waals surface area (Å²) < 4.78 is 0. The molecule has 104 valence electrons. The van der Waals surface area contributed by atoms with E-state index in [-0.39, 0.29) is 11.7 Å². The van der Waals surface area contributed by atoms with Crippen LogP contribution in [0.3, 0.4) is 0 Å². The monoisotopic (exact) mass is 307 g/mol. The molecule has 0 saturated carbocycles. The van der Waals surface area contributed by atoms with E-state index in [4.69, 9.17) is 11.6 Å². The van der Waals surface area contributed by atoms with E-state index in [0.717, 1.165) is 5.56 Å². The number of thioether (sulfide) groups is 1. The van der Waals surface area contributed by atoms with E-state index in [1.165, 1.54) is 17.8 Å². The van der Waals surface area contributed by atoms with Gasteiger partial charge in [0.25, 0.3) is 0 Å². The number of aromatic hydroxyl groups is 1. The minimum absolute atomic E-state index is 0.0666. The Kier molecular flexibility index (Phi) is 5.32. The molecule has 0 saturated heterocycles. The normalized spacial score (nSPS) is 10.2. The fraction of sp³-hybridized carbons (Fsp3) is 0.133. The van der Waals surface area contributed by atoms with Gasteiger partial charge < -0.3 is 10.4 Å². The Labute approximate surface area is 127 Å². The van der Waals surface area contributed by atoms with Gasteiger partial charge in [-0.25, -0.2) is 0 Å². The Hall–Kier alpha value is -1.65. The van der Waals surface area contributed by atoms with Crippen LogP contribution in [0.2, 0.25) is 5.02 Å². The van der Waals surface area contributed by atoms with Crippen LogP contribution >= 0.6 is 23.4 Å². The number of amides is 1. The molecule has 0 aliphatic rings. The molecular formula is C15H14ClNO2S. The highest BCUT2D eigenvalue weighted by molar-refractivity contribution is 7.99. The third kappa shape index (κ3) is 4.18. The number of hydrogen-bond acceptors (Lipinski definition) is 3. The number of carbonyl (C=O) groups is 1. The van der Waals surface area contributed by atoms with Gasteiger partial charge in [-0.3, -0.25) is 4.79 Å². The molecule has 0 aliphatic carbocycles. The molecule has 0 aromatic heterocycles. The van der Waals surface area contributed by atoms with E-state index in [9.17, 15) is 9.90 Å². The second-order valence-corrected chi connectivity index (χ2v) is 5.54. The van der Waals surface area contributed by atoms with Gasteiger partial charge in [-0.1, -0.05) is 41.9 Å². The van der Waals surface area contributed by atoms with Crippen molar-refractivity contribution in [2.75, 3.05) is 11.1 Å². The summed E-state index contributed by atoms with van der Waals surface area (Å²) in [5.41, 5.74) is 1.44. The predicted octanol–water partition coefficient (Wildman–Crippen LogP) is 3.92. The first-order valence-corrected chi connectivity index (χ1v) is 7.59. The van der Waals surface area contributed by atoms with Crippen LogP contribution in [-0.2, 0) is 10.5 Å². The van der Waals surface area contributed by atoms with Crippen molar-refractivity contribution in [3.63, 3.8) is 0 Å². The van der Waals surface area contributed by atoms with Crippen LogP contribution in [0.4, 0.5) is 5.69 Å². The summed E-state index contributed by atoms with van der Waals surface area (Å²) in [6.45, 7) is 0. The van der Waals surface area contributed by atoms with Gasteiger partial charge in [-0.15, -0.1) is 11.8 Å². The number of hydrogen-bond donors (Lipinski definition) is 2. The quantitative estimate of drug-likeness (QED) is 0.823. The summed E-state index contributed by atoms with van der Waals surface area (Å²) in [5, 5.41) is 12.9. The van der Waals surface area contributed by atoms with E-state index in [0.29, 0.717) is 22.2 Å². The van der Waals surface area contributed by atoms with Crippen LogP contribution in [0.1, 0.15) is 5.56 Å². The Bertz CT molecular complexity index is 604. The molecule has 0 atom stereocenters. The minimum atomic E-state index is -0.149. The van der Waals surface area contributed by atoms with Crippen molar-refractivity contribution < 1.29 is 9.90 Å². The van der Waals surface area contributed by atoms with Crippen LogP contribution in [0.5, 0.6) is 5.75 Å². The van der Waals surface area contributed by atoms with Crippen molar-refractivity contribution in [2.45, 2.75) is 5.75 Å². The lowest BCUT2D eigenvalue weighted by Crippen LogP contribution is -2.14. The van der Waals surface area contributed by atoms with Gasteiger partial charge in [0, 0.05) is 10.8 Å². The zero-order chi connectivity index (χ0) is 14.4. The number of benzene rings is 2. The van der Waals surface area contributed by atoms with Gasteiger partial charge in [0.2, 0.25) is 5.91 Å². The van der Waals surface area contributed by atoms with Crippen LogP contribution in [-0.4, -0.2) is 16.8 Å². The summed E-state index contributed by atoms with van der Waals surface area (Å²) >= 11 is 7.52. The zero-order valence-electron chi connectivity index (χ0n) is 10.7. The topological polar surface area (TPSA) is 49.3 Å². The van der Waals surface area contributed by atoms with Crippen molar-refractivity contribution in [3.05, 3.63) is 59.1 Å². The van der Waals surface area contributed by atoms with E-state index in [1.807, 2.05) is 24.3 Å². The lowest BCUT2D eigenvalue weighted by molar-refractivity contribution is -0.113. The lowest BCUT2D eigenvalue weighted by atomic mass is 10.2. The van der Waals surface area contributed by atoms with Gasteiger partial charge >= 0.3 is 0 Å². The Morgan fingerprint density at radius 1 is 1.15 bits per heavy atom. The second kappa shape index (κ2) is 7.22. The average Bonchev–Trinajstić information content (AvgIpc) is 2.43. The third-order valence-electron chi connectivity index (χ3n) is 2.63. The molecule has 20 heavy (non-hydrogen) atoms.